The molecule has 2 aromatic rings. The average Bonchev–Trinajstić information content (AvgIpc) is 2.96. The normalized spacial score (nSPS) is 21.2. The van der Waals surface area contributed by atoms with Crippen molar-refractivity contribution in [2.24, 2.45) is 0 Å². The Bertz CT molecular complexity index is 615. The zero-order valence-corrected chi connectivity index (χ0v) is 11.4. The zero-order chi connectivity index (χ0) is 14.7. The standard InChI is InChI=1S/C16H16FN3O/c17-13-8-15(19-10-13)16(21)20-14-5-3-11(4-6-14)12-2-1-7-18-9-12/h1-7,9,13,15,19H,8,10H2,(H,20,21)/t13-,15+/m0/s1. The van der Waals surface area contributed by atoms with E-state index in [1.165, 1.54) is 0 Å². The number of hydrogen-bond acceptors (Lipinski definition) is 3. The number of halogens is 1. The molecule has 2 atom stereocenters. The quantitative estimate of drug-likeness (QED) is 0.910. The second-order valence-corrected chi connectivity index (χ2v) is 5.10. The summed E-state index contributed by atoms with van der Waals surface area (Å²) in [6.45, 7) is 0.248. The van der Waals surface area contributed by atoms with Crippen LogP contribution in [0.15, 0.2) is 48.8 Å². The van der Waals surface area contributed by atoms with Crippen LogP contribution in [0.5, 0.6) is 0 Å². The molecular weight excluding hydrogens is 269 g/mol. The average molecular weight is 285 g/mol. The summed E-state index contributed by atoms with van der Waals surface area (Å²) in [5.74, 6) is -0.190. The smallest absolute Gasteiger partial charge is 0.241 e. The van der Waals surface area contributed by atoms with Gasteiger partial charge in [0, 0.05) is 31.0 Å². The summed E-state index contributed by atoms with van der Waals surface area (Å²) in [5.41, 5.74) is 2.76. The molecule has 0 saturated carbocycles. The summed E-state index contributed by atoms with van der Waals surface area (Å²) in [5, 5.41) is 5.67. The van der Waals surface area contributed by atoms with Gasteiger partial charge in [-0.05, 0) is 29.3 Å². The number of aromatic nitrogens is 1. The zero-order valence-electron chi connectivity index (χ0n) is 11.4. The van der Waals surface area contributed by atoms with Crippen molar-refractivity contribution >= 4 is 11.6 Å². The van der Waals surface area contributed by atoms with Crippen molar-refractivity contribution in [2.75, 3.05) is 11.9 Å². The first kappa shape index (κ1) is 13.7. The van der Waals surface area contributed by atoms with Gasteiger partial charge < -0.3 is 10.6 Å². The van der Waals surface area contributed by atoms with Gasteiger partial charge in [0.1, 0.15) is 6.17 Å². The molecule has 2 N–H and O–H groups in total. The molecule has 0 bridgehead atoms. The summed E-state index contributed by atoms with van der Waals surface area (Å²) >= 11 is 0. The Hall–Kier alpha value is -2.27. The van der Waals surface area contributed by atoms with Crippen LogP contribution in [0, 0.1) is 0 Å². The van der Waals surface area contributed by atoms with Gasteiger partial charge in [-0.15, -0.1) is 0 Å². The topological polar surface area (TPSA) is 54.0 Å². The third kappa shape index (κ3) is 3.25. The van der Waals surface area contributed by atoms with E-state index < -0.39 is 12.2 Å². The number of carbonyl (C=O) groups is 1. The van der Waals surface area contributed by atoms with Gasteiger partial charge in [0.2, 0.25) is 5.91 Å². The fourth-order valence-corrected chi connectivity index (χ4v) is 2.40. The van der Waals surface area contributed by atoms with Crippen molar-refractivity contribution < 1.29 is 9.18 Å². The first-order valence-electron chi connectivity index (χ1n) is 6.91. The van der Waals surface area contributed by atoms with E-state index in [2.05, 4.69) is 15.6 Å². The molecule has 3 rings (SSSR count). The highest BCUT2D eigenvalue weighted by molar-refractivity contribution is 5.95. The Kier molecular flexibility index (Phi) is 3.92. The molecule has 108 valence electrons. The molecule has 4 nitrogen and oxygen atoms in total. The second-order valence-electron chi connectivity index (χ2n) is 5.10. The molecule has 0 spiro atoms. The number of alkyl halides is 1. The van der Waals surface area contributed by atoms with Crippen molar-refractivity contribution in [1.29, 1.82) is 0 Å². The van der Waals surface area contributed by atoms with Crippen LogP contribution in [-0.2, 0) is 4.79 Å². The fraction of sp³-hybridized carbons (Fsp3) is 0.250. The summed E-state index contributed by atoms with van der Waals surface area (Å²) in [4.78, 5) is 16.0. The van der Waals surface area contributed by atoms with E-state index in [4.69, 9.17) is 0 Å². The van der Waals surface area contributed by atoms with Gasteiger partial charge in [-0.2, -0.15) is 0 Å². The number of nitrogens with zero attached hydrogens (tertiary/aromatic N) is 1. The van der Waals surface area contributed by atoms with Crippen molar-refractivity contribution in [3.05, 3.63) is 48.8 Å². The van der Waals surface area contributed by atoms with Gasteiger partial charge in [0.15, 0.2) is 0 Å². The van der Waals surface area contributed by atoms with Crippen LogP contribution < -0.4 is 10.6 Å². The number of pyridine rings is 1. The SMILES string of the molecule is O=C(Nc1ccc(-c2cccnc2)cc1)[C@H]1C[C@H](F)CN1. The van der Waals surface area contributed by atoms with E-state index >= 15 is 0 Å². The molecule has 1 fully saturated rings. The third-order valence-electron chi connectivity index (χ3n) is 3.54. The van der Waals surface area contributed by atoms with E-state index in [-0.39, 0.29) is 18.9 Å². The van der Waals surface area contributed by atoms with Gasteiger partial charge in [-0.3, -0.25) is 9.78 Å². The first-order chi connectivity index (χ1) is 10.2. The number of anilines is 1. The minimum atomic E-state index is -0.936. The molecule has 2 heterocycles. The maximum atomic E-state index is 13.1. The van der Waals surface area contributed by atoms with E-state index in [0.29, 0.717) is 5.69 Å². The van der Waals surface area contributed by atoms with E-state index in [9.17, 15) is 9.18 Å². The van der Waals surface area contributed by atoms with Crippen LogP contribution in [-0.4, -0.2) is 29.6 Å². The lowest BCUT2D eigenvalue weighted by atomic mass is 10.1. The third-order valence-corrected chi connectivity index (χ3v) is 3.54. The van der Waals surface area contributed by atoms with Gasteiger partial charge >= 0.3 is 0 Å². The largest absolute Gasteiger partial charge is 0.325 e. The molecule has 1 aromatic carbocycles. The molecule has 5 heteroatoms. The molecule has 1 aliphatic rings. The number of rotatable bonds is 3. The van der Waals surface area contributed by atoms with Crippen LogP contribution in [0.4, 0.5) is 10.1 Å². The van der Waals surface area contributed by atoms with Crippen LogP contribution >= 0.6 is 0 Å². The molecule has 0 aliphatic carbocycles. The van der Waals surface area contributed by atoms with Crippen LogP contribution in [0.1, 0.15) is 6.42 Å². The van der Waals surface area contributed by atoms with E-state index in [1.807, 2.05) is 36.4 Å². The molecule has 1 aliphatic heterocycles. The molecule has 21 heavy (non-hydrogen) atoms. The Labute approximate surface area is 122 Å². The Morgan fingerprint density at radius 1 is 1.24 bits per heavy atom. The van der Waals surface area contributed by atoms with Crippen molar-refractivity contribution in [2.45, 2.75) is 18.6 Å². The summed E-state index contributed by atoms with van der Waals surface area (Å²) in [6.07, 6.45) is 2.82. The predicted octanol–water partition coefficient (Wildman–Crippen LogP) is 2.39. The fourth-order valence-electron chi connectivity index (χ4n) is 2.40. The second kappa shape index (κ2) is 6.01. The molecule has 1 aromatic heterocycles. The lowest BCUT2D eigenvalue weighted by Crippen LogP contribution is -2.35. The monoisotopic (exact) mass is 285 g/mol. The van der Waals surface area contributed by atoms with E-state index in [1.54, 1.807) is 12.4 Å². The molecule has 0 radical (unpaired) electrons. The van der Waals surface area contributed by atoms with Crippen molar-refractivity contribution in [3.8, 4) is 11.1 Å². The minimum absolute atomic E-state index is 0.190. The van der Waals surface area contributed by atoms with Crippen LogP contribution in [0.25, 0.3) is 11.1 Å². The van der Waals surface area contributed by atoms with Crippen LogP contribution in [0.3, 0.4) is 0 Å². The van der Waals surface area contributed by atoms with Gasteiger partial charge in [0.25, 0.3) is 0 Å². The Morgan fingerprint density at radius 3 is 2.67 bits per heavy atom. The Balaban J connectivity index is 1.66. The number of carbonyl (C=O) groups excluding carboxylic acids is 1. The molecule has 1 saturated heterocycles. The van der Waals surface area contributed by atoms with Crippen molar-refractivity contribution in [3.63, 3.8) is 0 Å². The number of benzene rings is 1. The maximum Gasteiger partial charge on any atom is 0.241 e. The first-order valence-corrected chi connectivity index (χ1v) is 6.91. The van der Waals surface area contributed by atoms with Gasteiger partial charge in [0.05, 0.1) is 6.04 Å². The number of nitrogens with one attached hydrogen (secondary N) is 2. The molecular formula is C16H16FN3O. The number of hydrogen-bond donors (Lipinski definition) is 2. The molecule has 1 amide bonds. The summed E-state index contributed by atoms with van der Waals surface area (Å²) in [7, 11) is 0. The summed E-state index contributed by atoms with van der Waals surface area (Å²) in [6, 6.07) is 10.9. The highest BCUT2D eigenvalue weighted by atomic mass is 19.1. The summed E-state index contributed by atoms with van der Waals surface area (Å²) < 4.78 is 13.1. The highest BCUT2D eigenvalue weighted by Gasteiger charge is 2.29. The Morgan fingerprint density at radius 2 is 2.05 bits per heavy atom. The van der Waals surface area contributed by atoms with Crippen molar-refractivity contribution in [1.82, 2.24) is 10.3 Å². The number of amides is 1. The maximum absolute atomic E-state index is 13.1. The predicted molar refractivity (Wildman–Crippen MR) is 79.6 cm³/mol. The van der Waals surface area contributed by atoms with E-state index in [0.717, 1.165) is 11.1 Å². The lowest BCUT2D eigenvalue weighted by Gasteiger charge is -2.11. The minimum Gasteiger partial charge on any atom is -0.325 e. The molecule has 0 unspecified atom stereocenters. The lowest BCUT2D eigenvalue weighted by molar-refractivity contribution is -0.117. The highest BCUT2D eigenvalue weighted by Crippen LogP contribution is 2.21. The van der Waals surface area contributed by atoms with Crippen LogP contribution in [0.2, 0.25) is 0 Å². The van der Waals surface area contributed by atoms with Gasteiger partial charge in [-0.25, -0.2) is 4.39 Å². The van der Waals surface area contributed by atoms with Gasteiger partial charge in [-0.1, -0.05) is 18.2 Å².